The molecule has 1 saturated heterocycles. The molecule has 9 atom stereocenters. The van der Waals surface area contributed by atoms with Crippen LogP contribution in [0.5, 0.6) is 0 Å². The summed E-state index contributed by atoms with van der Waals surface area (Å²) < 4.78 is 37.9. The molecule has 60 heavy (non-hydrogen) atoms. The van der Waals surface area contributed by atoms with Gasteiger partial charge in [-0.1, -0.05) is 92.7 Å². The molecule has 3 fully saturated rings. The van der Waals surface area contributed by atoms with E-state index in [9.17, 15) is 24.3 Å². The van der Waals surface area contributed by atoms with Gasteiger partial charge in [0.2, 0.25) is 0 Å². The molecule has 1 aliphatic heterocycles. The Balaban J connectivity index is 1.31. The third kappa shape index (κ3) is 6.41. The van der Waals surface area contributed by atoms with Crippen LogP contribution in [-0.4, -0.2) is 83.1 Å². The van der Waals surface area contributed by atoms with Crippen molar-refractivity contribution >= 4 is 29.7 Å². The van der Waals surface area contributed by atoms with E-state index in [1.165, 1.54) is 20.8 Å². The van der Waals surface area contributed by atoms with Crippen molar-refractivity contribution in [3.05, 3.63) is 107 Å². The fourth-order valence-corrected chi connectivity index (χ4v) is 11.3. The molecule has 1 heterocycles. The lowest BCUT2D eigenvalue weighted by Crippen LogP contribution is -2.82. The molecule has 316 valence electrons. The Morgan fingerprint density at radius 1 is 0.800 bits per heavy atom. The van der Waals surface area contributed by atoms with Gasteiger partial charge in [-0.15, -0.1) is 0 Å². The molecule has 0 aromatic heterocycles. The molecular weight excluding hydrogens is 769 g/mol. The average Bonchev–Trinajstić information content (AvgIpc) is 3.50. The Kier molecular flexibility index (Phi) is 10.4. The van der Waals surface area contributed by atoms with Gasteiger partial charge in [0.15, 0.2) is 17.5 Å². The van der Waals surface area contributed by atoms with E-state index < -0.39 is 88.1 Å². The molecule has 8 rings (SSSR count). The average molecular weight is 821 g/mol. The zero-order valence-corrected chi connectivity index (χ0v) is 35.0. The zero-order valence-electron chi connectivity index (χ0n) is 35.0. The van der Waals surface area contributed by atoms with Gasteiger partial charge in [0, 0.05) is 50.9 Å². The molecule has 12 heteroatoms. The van der Waals surface area contributed by atoms with E-state index >= 15 is 4.79 Å². The fourth-order valence-electron chi connectivity index (χ4n) is 11.3. The van der Waals surface area contributed by atoms with Gasteiger partial charge in [-0.25, -0.2) is 0 Å². The van der Waals surface area contributed by atoms with Gasteiger partial charge in [0.25, 0.3) is 0 Å². The summed E-state index contributed by atoms with van der Waals surface area (Å²) in [7, 11) is 0. The zero-order chi connectivity index (χ0) is 42.9. The van der Waals surface area contributed by atoms with Gasteiger partial charge >= 0.3 is 23.9 Å². The first-order valence-electron chi connectivity index (χ1n) is 20.6. The van der Waals surface area contributed by atoms with E-state index in [-0.39, 0.29) is 44.0 Å². The molecule has 2 saturated carbocycles. The van der Waals surface area contributed by atoms with Crippen molar-refractivity contribution in [1.29, 1.82) is 0 Å². The molecule has 0 radical (unpaired) electrons. The Morgan fingerprint density at radius 3 is 1.97 bits per heavy atom. The van der Waals surface area contributed by atoms with Gasteiger partial charge in [0.05, 0.1) is 31.2 Å². The first-order valence-corrected chi connectivity index (χ1v) is 20.6. The van der Waals surface area contributed by atoms with Gasteiger partial charge < -0.3 is 33.5 Å². The maximum absolute atomic E-state index is 16.0. The Labute approximate surface area is 349 Å². The number of Topliss-reactive ketones (excluding diaryl/α,β-unsaturated/α-hetero) is 1. The smallest absolute Gasteiger partial charge is 0.307 e. The molecule has 12 nitrogen and oxygen atoms in total. The largest absolute Gasteiger partial charge is 0.461 e. The summed E-state index contributed by atoms with van der Waals surface area (Å²) in [5, 5.41) is 13.7. The second-order valence-corrected chi connectivity index (χ2v) is 17.8. The number of carbonyl (C=O) groups excluding carboxylic acids is 5. The van der Waals surface area contributed by atoms with E-state index in [1.807, 2.05) is 78.9 Å². The van der Waals surface area contributed by atoms with Crippen molar-refractivity contribution in [3.63, 3.8) is 0 Å². The van der Waals surface area contributed by atoms with Crippen LogP contribution in [0.25, 0.3) is 11.1 Å². The summed E-state index contributed by atoms with van der Waals surface area (Å²) in [6.07, 6.45) is -6.45. The number of ether oxygens (including phenoxy) is 6. The lowest BCUT2D eigenvalue weighted by molar-refractivity contribution is -0.352. The van der Waals surface area contributed by atoms with Crippen LogP contribution in [0.2, 0.25) is 0 Å². The predicted molar refractivity (Wildman–Crippen MR) is 216 cm³/mol. The highest BCUT2D eigenvalue weighted by Gasteiger charge is 2.78. The van der Waals surface area contributed by atoms with Crippen LogP contribution in [0.15, 0.2) is 90.0 Å². The van der Waals surface area contributed by atoms with Gasteiger partial charge in [-0.05, 0) is 52.8 Å². The summed E-state index contributed by atoms with van der Waals surface area (Å²) in [6.45, 7) is 10.3. The monoisotopic (exact) mass is 820 g/mol. The van der Waals surface area contributed by atoms with Crippen LogP contribution in [0.3, 0.4) is 0 Å². The third-order valence-corrected chi connectivity index (χ3v) is 14.1. The normalized spacial score (nSPS) is 32.4. The molecule has 0 amide bonds. The second-order valence-electron chi connectivity index (χ2n) is 17.8. The van der Waals surface area contributed by atoms with Gasteiger partial charge in [-0.2, -0.15) is 0 Å². The van der Waals surface area contributed by atoms with Crippen LogP contribution in [0.4, 0.5) is 0 Å². The van der Waals surface area contributed by atoms with Crippen molar-refractivity contribution < 1.29 is 57.5 Å². The molecule has 4 aliphatic carbocycles. The van der Waals surface area contributed by atoms with E-state index in [1.54, 1.807) is 27.7 Å². The molecule has 1 N–H and O–H groups in total. The number of fused-ring (bicyclic) bond motifs is 8. The van der Waals surface area contributed by atoms with Crippen LogP contribution in [0.1, 0.15) is 90.3 Å². The molecule has 5 aliphatic rings. The van der Waals surface area contributed by atoms with E-state index in [2.05, 4.69) is 0 Å². The number of aliphatic hydroxyl groups is 1. The number of hydrogen-bond donors (Lipinski definition) is 1. The number of carbonyl (C=O) groups is 5. The van der Waals surface area contributed by atoms with Crippen molar-refractivity contribution in [3.8, 4) is 11.1 Å². The van der Waals surface area contributed by atoms with E-state index in [0.717, 1.165) is 27.8 Å². The number of benzene rings is 3. The van der Waals surface area contributed by atoms with Crippen LogP contribution in [-0.2, 0) is 59.0 Å². The SMILES string of the molecule is CC(=O)O[C@H]1C(=O)[C@]2(C)[C@@H](OC(=O)CC3c4ccccc4-c4ccccc43)C[C@H]3OC[C@@]3(OC(C)=O)[C@H]2[C@H](OCc2ccccc2)[C@]2(O)C[C@H](OC(C)=O)C(C)=C1C2(C)C. The Bertz CT molecular complexity index is 2230. The topological polar surface area (TPSA) is 161 Å². The molecule has 3 aromatic rings. The Hall–Kier alpha value is -5.17. The van der Waals surface area contributed by atoms with Crippen molar-refractivity contribution in [2.45, 2.75) is 122 Å². The summed E-state index contributed by atoms with van der Waals surface area (Å²) in [4.78, 5) is 69.5. The second kappa shape index (κ2) is 15.1. The lowest BCUT2D eigenvalue weighted by Gasteiger charge is -2.68. The first-order chi connectivity index (χ1) is 28.4. The Morgan fingerprint density at radius 2 is 1.40 bits per heavy atom. The lowest BCUT2D eigenvalue weighted by atomic mass is 9.44. The minimum atomic E-state index is -2.00. The summed E-state index contributed by atoms with van der Waals surface area (Å²) >= 11 is 0. The minimum Gasteiger partial charge on any atom is -0.461 e. The highest BCUT2D eigenvalue weighted by Crippen LogP contribution is 2.65. The minimum absolute atomic E-state index is 0.0407. The molecule has 0 spiro atoms. The summed E-state index contributed by atoms with van der Waals surface area (Å²) in [6, 6.07) is 25.1. The predicted octanol–water partition coefficient (Wildman–Crippen LogP) is 6.34. The molecule has 3 aromatic carbocycles. The van der Waals surface area contributed by atoms with Crippen molar-refractivity contribution in [1.82, 2.24) is 0 Å². The molecule has 2 bridgehead atoms. The first kappa shape index (κ1) is 41.6. The quantitative estimate of drug-likeness (QED) is 0.145. The van der Waals surface area contributed by atoms with Crippen LogP contribution >= 0.6 is 0 Å². The molecular formula is C48H52O12. The van der Waals surface area contributed by atoms with Crippen molar-refractivity contribution in [2.24, 2.45) is 16.7 Å². The van der Waals surface area contributed by atoms with Crippen molar-refractivity contribution in [2.75, 3.05) is 6.61 Å². The van der Waals surface area contributed by atoms with Gasteiger partial charge in [-0.3, -0.25) is 24.0 Å². The number of hydrogen-bond acceptors (Lipinski definition) is 12. The van der Waals surface area contributed by atoms with Crippen LogP contribution < -0.4 is 0 Å². The van der Waals surface area contributed by atoms with Gasteiger partial charge in [0.1, 0.15) is 23.9 Å². The number of esters is 4. The molecule has 0 unspecified atom stereocenters. The summed E-state index contributed by atoms with van der Waals surface area (Å²) in [5.41, 5.74) is -1.36. The third-order valence-electron chi connectivity index (χ3n) is 14.1. The van der Waals surface area contributed by atoms with E-state index in [4.69, 9.17) is 28.4 Å². The van der Waals surface area contributed by atoms with E-state index in [0.29, 0.717) is 5.57 Å². The van der Waals surface area contributed by atoms with Crippen LogP contribution in [0, 0.1) is 16.7 Å². The highest BCUT2D eigenvalue weighted by atomic mass is 16.6. The number of ketones is 1. The fraction of sp³-hybridized carbons (Fsp3) is 0.479. The maximum atomic E-state index is 16.0. The maximum Gasteiger partial charge on any atom is 0.307 e. The standard InChI is InChI=1S/C48H52O12/c1-26-36(57-27(2)49)23-48(54)44(55-24-30-15-9-8-10-16-30)42-46(7,43(53)41(58-28(3)50)40(26)45(48,5)6)37(22-38-47(42,25-56-38)60-29(4)51)59-39(52)21-35-33-19-13-11-17-31(33)32-18-12-14-20-34(32)35/h8-20,35-38,41-42,44,54H,21-25H2,1-7H3/t36-,37-,38+,41+,42-,44-,46+,47-,48+/m0/s1. The summed E-state index contributed by atoms with van der Waals surface area (Å²) in [5.74, 6) is -4.87. The highest BCUT2D eigenvalue weighted by molar-refractivity contribution is 5.95. The number of rotatable bonds is 9.